The number of amides is 2. The highest BCUT2D eigenvalue weighted by atomic mass is 32.2. The number of carbonyl (C=O) groups excluding carboxylic acids is 2. The van der Waals surface area contributed by atoms with Gasteiger partial charge in [-0.25, -0.2) is 0 Å². The van der Waals surface area contributed by atoms with Gasteiger partial charge >= 0.3 is 0 Å². The van der Waals surface area contributed by atoms with Crippen LogP contribution in [0.25, 0.3) is 0 Å². The topological polar surface area (TPSA) is 58.6 Å². The van der Waals surface area contributed by atoms with Crippen molar-refractivity contribution in [2.75, 3.05) is 11.1 Å². The first kappa shape index (κ1) is 17.9. The summed E-state index contributed by atoms with van der Waals surface area (Å²) < 4.78 is 5.81. The normalized spacial score (nSPS) is 24.0. The molecule has 0 bridgehead atoms. The number of anilines is 1. The lowest BCUT2D eigenvalue weighted by molar-refractivity contribution is -0.135. The van der Waals surface area contributed by atoms with E-state index in [1.54, 1.807) is 16.7 Å². The molecule has 2 fully saturated rings. The summed E-state index contributed by atoms with van der Waals surface area (Å²) >= 11 is 1.69. The van der Waals surface area contributed by atoms with Crippen LogP contribution in [0.2, 0.25) is 0 Å². The number of fused-ring (bicyclic) bond motifs is 1. The Labute approximate surface area is 163 Å². The average molecular weight is 382 g/mol. The lowest BCUT2D eigenvalue weighted by Crippen LogP contribution is -2.48. The fourth-order valence-electron chi connectivity index (χ4n) is 3.59. The largest absolute Gasteiger partial charge is 0.457 e. The minimum absolute atomic E-state index is 0.0736. The van der Waals surface area contributed by atoms with Crippen molar-refractivity contribution < 1.29 is 14.3 Å². The molecule has 2 aliphatic rings. The second-order valence-electron chi connectivity index (χ2n) is 7.19. The molecule has 140 valence electrons. The molecule has 4 rings (SSSR count). The number of rotatable bonds is 4. The molecule has 2 heterocycles. The summed E-state index contributed by atoms with van der Waals surface area (Å²) in [5.74, 6) is 2.06. The van der Waals surface area contributed by atoms with E-state index in [4.69, 9.17) is 4.74 Å². The predicted octanol–water partition coefficient (Wildman–Crippen LogP) is 4.18. The molecule has 2 aliphatic heterocycles. The second-order valence-corrected chi connectivity index (χ2v) is 8.70. The van der Waals surface area contributed by atoms with Gasteiger partial charge in [-0.1, -0.05) is 17.7 Å². The Balaban J connectivity index is 1.40. The van der Waals surface area contributed by atoms with Crippen LogP contribution >= 0.6 is 11.8 Å². The van der Waals surface area contributed by atoms with Gasteiger partial charge in [0.2, 0.25) is 11.8 Å². The number of ether oxygens (including phenoxy) is 1. The van der Waals surface area contributed by atoms with Crippen molar-refractivity contribution in [2.45, 2.75) is 37.6 Å². The molecule has 0 spiro atoms. The van der Waals surface area contributed by atoms with E-state index in [0.717, 1.165) is 12.2 Å². The SMILES string of the molecule is Cc1ccc(Oc2ccc(NC(=O)[C@@H]3CS[C@]4(C)CCC(=O)N34)cc2)cc1. The van der Waals surface area contributed by atoms with Crippen LogP contribution < -0.4 is 10.1 Å². The number of carbonyl (C=O) groups is 2. The molecule has 5 nitrogen and oxygen atoms in total. The summed E-state index contributed by atoms with van der Waals surface area (Å²) in [5, 5.41) is 2.93. The van der Waals surface area contributed by atoms with Crippen molar-refractivity contribution in [1.82, 2.24) is 4.90 Å². The van der Waals surface area contributed by atoms with Crippen LogP contribution in [0.1, 0.15) is 25.3 Å². The zero-order valence-corrected chi connectivity index (χ0v) is 16.2. The average Bonchev–Trinajstić information content (AvgIpc) is 3.15. The van der Waals surface area contributed by atoms with Crippen molar-refractivity contribution in [1.29, 1.82) is 0 Å². The van der Waals surface area contributed by atoms with Crippen molar-refractivity contribution >= 4 is 29.3 Å². The molecule has 27 heavy (non-hydrogen) atoms. The van der Waals surface area contributed by atoms with Crippen molar-refractivity contribution in [3.05, 3.63) is 54.1 Å². The Morgan fingerprint density at radius 1 is 1.15 bits per heavy atom. The second kappa shape index (κ2) is 6.93. The van der Waals surface area contributed by atoms with Gasteiger partial charge in [-0.15, -0.1) is 11.8 Å². The zero-order chi connectivity index (χ0) is 19.0. The third-order valence-electron chi connectivity index (χ3n) is 5.13. The minimum Gasteiger partial charge on any atom is -0.457 e. The van der Waals surface area contributed by atoms with Crippen LogP contribution in [0.15, 0.2) is 48.5 Å². The summed E-state index contributed by atoms with van der Waals surface area (Å²) in [6.07, 6.45) is 1.34. The molecule has 2 aromatic carbocycles. The van der Waals surface area contributed by atoms with Crippen molar-refractivity contribution in [3.63, 3.8) is 0 Å². The van der Waals surface area contributed by atoms with Gasteiger partial charge in [0, 0.05) is 17.9 Å². The summed E-state index contributed by atoms with van der Waals surface area (Å²) in [5.41, 5.74) is 1.87. The van der Waals surface area contributed by atoms with E-state index < -0.39 is 6.04 Å². The summed E-state index contributed by atoms with van der Waals surface area (Å²) in [4.78, 5) is 26.4. The molecule has 0 radical (unpaired) electrons. The van der Waals surface area contributed by atoms with E-state index in [1.807, 2.05) is 62.4 Å². The van der Waals surface area contributed by atoms with Gasteiger partial charge in [-0.3, -0.25) is 9.59 Å². The highest BCUT2D eigenvalue weighted by Crippen LogP contribution is 2.47. The quantitative estimate of drug-likeness (QED) is 0.862. The molecule has 2 aromatic rings. The summed E-state index contributed by atoms with van der Waals surface area (Å²) in [6, 6.07) is 14.7. The molecule has 2 atom stereocenters. The van der Waals surface area contributed by atoms with Gasteiger partial charge in [0.1, 0.15) is 17.5 Å². The first-order valence-corrected chi connectivity index (χ1v) is 10.0. The molecular weight excluding hydrogens is 360 g/mol. The summed E-state index contributed by atoms with van der Waals surface area (Å²) in [6.45, 7) is 4.08. The standard InChI is InChI=1S/C21H22N2O3S/c1-14-3-7-16(8-4-14)26-17-9-5-15(6-10-17)22-20(25)18-13-27-21(2)12-11-19(24)23(18)21/h3-10,18H,11-13H2,1-2H3,(H,22,25)/t18-,21+/m0/s1. The van der Waals surface area contributed by atoms with E-state index >= 15 is 0 Å². The number of hydrogen-bond acceptors (Lipinski definition) is 4. The molecule has 1 N–H and O–H groups in total. The number of nitrogens with one attached hydrogen (secondary N) is 1. The highest BCUT2D eigenvalue weighted by molar-refractivity contribution is 8.01. The molecule has 0 saturated carbocycles. The molecule has 0 aromatic heterocycles. The van der Waals surface area contributed by atoms with Crippen LogP contribution in [0, 0.1) is 6.92 Å². The van der Waals surface area contributed by atoms with Crippen LogP contribution in [-0.4, -0.2) is 33.4 Å². The Kier molecular flexibility index (Phi) is 4.60. The van der Waals surface area contributed by atoms with Crippen LogP contribution in [0.4, 0.5) is 5.69 Å². The molecule has 0 aliphatic carbocycles. The van der Waals surface area contributed by atoms with E-state index in [-0.39, 0.29) is 16.7 Å². The fourth-order valence-corrected chi connectivity index (χ4v) is 5.02. The van der Waals surface area contributed by atoms with Crippen molar-refractivity contribution in [2.24, 2.45) is 0 Å². The van der Waals surface area contributed by atoms with Gasteiger partial charge in [0.15, 0.2) is 0 Å². The number of hydrogen-bond donors (Lipinski definition) is 1. The number of benzene rings is 2. The maximum atomic E-state index is 12.7. The lowest BCUT2D eigenvalue weighted by Gasteiger charge is -2.29. The molecule has 6 heteroatoms. The van der Waals surface area contributed by atoms with Gasteiger partial charge < -0.3 is 15.0 Å². The number of aryl methyl sites for hydroxylation is 1. The fraction of sp³-hybridized carbons (Fsp3) is 0.333. The van der Waals surface area contributed by atoms with Crippen molar-refractivity contribution in [3.8, 4) is 11.5 Å². The Hall–Kier alpha value is -2.47. The zero-order valence-electron chi connectivity index (χ0n) is 15.4. The predicted molar refractivity (Wildman–Crippen MR) is 107 cm³/mol. The van der Waals surface area contributed by atoms with Gasteiger partial charge in [0.05, 0.1) is 4.87 Å². The molecule has 0 unspecified atom stereocenters. The number of nitrogens with zero attached hydrogens (tertiary/aromatic N) is 1. The number of thioether (sulfide) groups is 1. The third-order valence-corrected chi connectivity index (χ3v) is 6.63. The van der Waals surface area contributed by atoms with Crippen LogP contribution in [-0.2, 0) is 9.59 Å². The first-order valence-electron chi connectivity index (χ1n) is 9.06. The van der Waals surface area contributed by atoms with Crippen LogP contribution in [0.5, 0.6) is 11.5 Å². The Morgan fingerprint density at radius 2 is 1.78 bits per heavy atom. The van der Waals surface area contributed by atoms with Gasteiger partial charge in [0.25, 0.3) is 0 Å². The third kappa shape index (κ3) is 3.54. The van der Waals surface area contributed by atoms with Crippen LogP contribution in [0.3, 0.4) is 0 Å². The maximum absolute atomic E-state index is 12.7. The summed E-state index contributed by atoms with van der Waals surface area (Å²) in [7, 11) is 0. The highest BCUT2D eigenvalue weighted by Gasteiger charge is 2.52. The molecule has 2 saturated heterocycles. The van der Waals surface area contributed by atoms with Gasteiger partial charge in [-0.05, 0) is 56.7 Å². The lowest BCUT2D eigenvalue weighted by atomic mass is 10.2. The van der Waals surface area contributed by atoms with E-state index in [1.165, 1.54) is 5.56 Å². The first-order chi connectivity index (χ1) is 12.9. The smallest absolute Gasteiger partial charge is 0.248 e. The van der Waals surface area contributed by atoms with Gasteiger partial charge in [-0.2, -0.15) is 0 Å². The molecular formula is C21H22N2O3S. The molecule has 2 amide bonds. The van der Waals surface area contributed by atoms with E-state index in [0.29, 0.717) is 23.6 Å². The Morgan fingerprint density at radius 3 is 2.44 bits per heavy atom. The minimum atomic E-state index is -0.404. The van der Waals surface area contributed by atoms with E-state index in [9.17, 15) is 9.59 Å². The monoisotopic (exact) mass is 382 g/mol. The Bertz CT molecular complexity index is 866. The van der Waals surface area contributed by atoms with E-state index in [2.05, 4.69) is 5.32 Å². The maximum Gasteiger partial charge on any atom is 0.248 e.